The highest BCUT2D eigenvalue weighted by molar-refractivity contribution is 6.12. The summed E-state index contributed by atoms with van der Waals surface area (Å²) >= 11 is 0. The van der Waals surface area contributed by atoms with Crippen molar-refractivity contribution in [2.24, 2.45) is 5.92 Å². The summed E-state index contributed by atoms with van der Waals surface area (Å²) in [5.74, 6) is 0.322. The number of allylic oxidation sites excluding steroid dienone is 9. The molecular formula is C16H20O. The van der Waals surface area contributed by atoms with E-state index in [-0.39, 0.29) is 5.78 Å². The molecule has 0 bridgehead atoms. The largest absolute Gasteiger partial charge is 0.289 e. The molecule has 0 radical (unpaired) electrons. The van der Waals surface area contributed by atoms with E-state index in [9.17, 15) is 4.79 Å². The van der Waals surface area contributed by atoms with E-state index in [2.05, 4.69) is 33.6 Å². The lowest BCUT2D eigenvalue weighted by atomic mass is 10.0. The van der Waals surface area contributed by atoms with Crippen LogP contribution in [0.15, 0.2) is 73.4 Å². The van der Waals surface area contributed by atoms with E-state index in [1.54, 1.807) is 24.3 Å². The molecule has 0 fully saturated rings. The van der Waals surface area contributed by atoms with Crippen LogP contribution in [-0.2, 0) is 4.79 Å². The zero-order valence-electron chi connectivity index (χ0n) is 10.6. The summed E-state index contributed by atoms with van der Waals surface area (Å²) in [4.78, 5) is 12.1. The molecule has 0 aromatic heterocycles. The molecule has 0 aromatic rings. The summed E-state index contributed by atoms with van der Waals surface area (Å²) in [6, 6.07) is 0. The molecule has 0 aliphatic heterocycles. The van der Waals surface area contributed by atoms with Crippen molar-refractivity contribution in [1.82, 2.24) is 0 Å². The van der Waals surface area contributed by atoms with Crippen molar-refractivity contribution in [3.63, 3.8) is 0 Å². The molecule has 1 heteroatoms. The summed E-state index contributed by atoms with van der Waals surface area (Å²) in [6.45, 7) is 14.9. The van der Waals surface area contributed by atoms with Gasteiger partial charge in [-0.2, -0.15) is 0 Å². The zero-order chi connectivity index (χ0) is 13.3. The molecule has 0 aliphatic carbocycles. The number of hydrogen-bond donors (Lipinski definition) is 0. The van der Waals surface area contributed by atoms with Gasteiger partial charge >= 0.3 is 0 Å². The Balaban J connectivity index is 5.22. The van der Waals surface area contributed by atoms with Crippen molar-refractivity contribution in [3.05, 3.63) is 73.4 Å². The molecule has 90 valence electrons. The Morgan fingerprint density at radius 1 is 1.00 bits per heavy atom. The number of hydrogen-bond acceptors (Lipinski definition) is 1. The predicted octanol–water partition coefficient (Wildman–Crippen LogP) is 4.18. The van der Waals surface area contributed by atoms with Gasteiger partial charge in [-0.3, -0.25) is 4.79 Å². The zero-order valence-corrected chi connectivity index (χ0v) is 10.6. The Hall–Kier alpha value is -1.89. The van der Waals surface area contributed by atoms with Crippen LogP contribution in [0.4, 0.5) is 0 Å². The lowest BCUT2D eigenvalue weighted by molar-refractivity contribution is -0.111. The second-order valence-electron chi connectivity index (χ2n) is 3.85. The molecule has 0 rings (SSSR count). The van der Waals surface area contributed by atoms with Crippen LogP contribution in [0.25, 0.3) is 0 Å². The van der Waals surface area contributed by atoms with Crippen LogP contribution >= 0.6 is 0 Å². The number of ketones is 1. The Labute approximate surface area is 104 Å². The molecule has 0 unspecified atom stereocenters. The first-order valence-corrected chi connectivity index (χ1v) is 5.57. The highest BCUT2D eigenvalue weighted by Gasteiger charge is 2.08. The maximum absolute atomic E-state index is 12.1. The fourth-order valence-corrected chi connectivity index (χ4v) is 1.16. The van der Waals surface area contributed by atoms with Gasteiger partial charge in [-0.05, 0) is 5.92 Å². The quantitative estimate of drug-likeness (QED) is 0.472. The van der Waals surface area contributed by atoms with Gasteiger partial charge in [0.05, 0.1) is 0 Å². The maximum Gasteiger partial charge on any atom is 0.192 e. The summed E-state index contributed by atoms with van der Waals surface area (Å²) in [5.41, 5.74) is 1.13. The first-order chi connectivity index (χ1) is 8.06. The topological polar surface area (TPSA) is 17.1 Å². The van der Waals surface area contributed by atoms with Crippen molar-refractivity contribution >= 4 is 5.78 Å². The van der Waals surface area contributed by atoms with Gasteiger partial charge in [0.1, 0.15) is 0 Å². The van der Waals surface area contributed by atoms with Crippen LogP contribution in [-0.4, -0.2) is 5.78 Å². The van der Waals surface area contributed by atoms with E-state index < -0.39 is 0 Å². The normalized spacial score (nSPS) is 12.9. The fourth-order valence-electron chi connectivity index (χ4n) is 1.16. The van der Waals surface area contributed by atoms with Crippen molar-refractivity contribution < 1.29 is 4.79 Å². The number of rotatable bonds is 7. The van der Waals surface area contributed by atoms with E-state index in [4.69, 9.17) is 0 Å². The predicted molar refractivity (Wildman–Crippen MR) is 75.7 cm³/mol. The van der Waals surface area contributed by atoms with Crippen molar-refractivity contribution in [2.45, 2.75) is 13.8 Å². The van der Waals surface area contributed by atoms with Gasteiger partial charge in [-0.1, -0.05) is 76.1 Å². The Kier molecular flexibility index (Phi) is 7.36. The average Bonchev–Trinajstić information content (AvgIpc) is 2.30. The number of Topliss-reactive ketones (excluding diaryl/α,β-unsaturated/α-hetero) is 1. The average molecular weight is 228 g/mol. The van der Waals surface area contributed by atoms with E-state index >= 15 is 0 Å². The van der Waals surface area contributed by atoms with Crippen LogP contribution in [0.2, 0.25) is 0 Å². The third-order valence-electron chi connectivity index (χ3n) is 2.00. The fraction of sp³-hybridized carbons (Fsp3) is 0.188. The molecule has 0 amide bonds. The van der Waals surface area contributed by atoms with Gasteiger partial charge in [-0.15, -0.1) is 0 Å². The summed E-state index contributed by atoms with van der Waals surface area (Å²) in [7, 11) is 0. The van der Waals surface area contributed by atoms with E-state index in [1.165, 1.54) is 6.08 Å². The standard InChI is InChI=1S/C16H20O/c1-6-9-14(8-3)16(17)15(10-7-2)12-11-13(4)5/h6-13H,1-3H2,4-5H3/b12-11-,14-9+,15-10+. The van der Waals surface area contributed by atoms with Crippen molar-refractivity contribution in [1.29, 1.82) is 0 Å². The minimum atomic E-state index is -0.0725. The van der Waals surface area contributed by atoms with E-state index in [0.717, 1.165) is 0 Å². The second-order valence-corrected chi connectivity index (χ2v) is 3.85. The van der Waals surface area contributed by atoms with Gasteiger partial charge < -0.3 is 0 Å². The Morgan fingerprint density at radius 2 is 1.53 bits per heavy atom. The molecule has 0 aliphatic rings. The summed E-state index contributed by atoms with van der Waals surface area (Å²) in [6.07, 6.45) is 11.8. The lowest BCUT2D eigenvalue weighted by Crippen LogP contribution is -2.03. The minimum absolute atomic E-state index is 0.0725. The van der Waals surface area contributed by atoms with E-state index in [1.807, 2.05) is 12.2 Å². The molecule has 0 heterocycles. The van der Waals surface area contributed by atoms with Crippen molar-refractivity contribution in [2.75, 3.05) is 0 Å². The second kappa shape index (κ2) is 8.28. The summed E-state index contributed by atoms with van der Waals surface area (Å²) < 4.78 is 0. The molecule has 0 spiro atoms. The Morgan fingerprint density at radius 3 is 1.94 bits per heavy atom. The van der Waals surface area contributed by atoms with Gasteiger partial charge in [-0.25, -0.2) is 0 Å². The summed E-state index contributed by atoms with van der Waals surface area (Å²) in [5, 5.41) is 0. The lowest BCUT2D eigenvalue weighted by Gasteiger charge is -2.02. The van der Waals surface area contributed by atoms with Crippen LogP contribution in [0.1, 0.15) is 13.8 Å². The van der Waals surface area contributed by atoms with Gasteiger partial charge in [0.15, 0.2) is 5.78 Å². The first-order valence-electron chi connectivity index (χ1n) is 5.57. The van der Waals surface area contributed by atoms with Crippen molar-refractivity contribution in [3.8, 4) is 0 Å². The molecule has 0 atom stereocenters. The molecule has 17 heavy (non-hydrogen) atoms. The van der Waals surface area contributed by atoms with Gasteiger partial charge in [0.25, 0.3) is 0 Å². The third-order valence-corrected chi connectivity index (χ3v) is 2.00. The minimum Gasteiger partial charge on any atom is -0.289 e. The van der Waals surface area contributed by atoms with Gasteiger partial charge in [0.2, 0.25) is 0 Å². The molecule has 0 saturated carbocycles. The smallest absolute Gasteiger partial charge is 0.192 e. The van der Waals surface area contributed by atoms with Gasteiger partial charge in [0, 0.05) is 11.1 Å². The van der Waals surface area contributed by atoms with Crippen LogP contribution in [0.5, 0.6) is 0 Å². The molecule has 1 nitrogen and oxygen atoms in total. The maximum atomic E-state index is 12.1. The molecule has 0 aromatic carbocycles. The number of carbonyl (C=O) groups is 1. The monoisotopic (exact) mass is 228 g/mol. The number of carbonyl (C=O) groups excluding carboxylic acids is 1. The molecule has 0 saturated heterocycles. The van der Waals surface area contributed by atoms with E-state index in [0.29, 0.717) is 17.1 Å². The first kappa shape index (κ1) is 15.1. The van der Waals surface area contributed by atoms with Crippen LogP contribution in [0.3, 0.4) is 0 Å². The molecule has 0 N–H and O–H groups in total. The van der Waals surface area contributed by atoms with Crippen LogP contribution < -0.4 is 0 Å². The SMILES string of the molecule is C=C/C=C(\C=C)C(=O)C(/C=C\C(C)C)=C/C=C. The highest BCUT2D eigenvalue weighted by Crippen LogP contribution is 2.11. The highest BCUT2D eigenvalue weighted by atomic mass is 16.1. The van der Waals surface area contributed by atoms with Crippen LogP contribution in [0, 0.1) is 5.92 Å². The molecular weight excluding hydrogens is 208 g/mol. The Bertz CT molecular complexity index is 390. The third kappa shape index (κ3) is 5.67.